The van der Waals surface area contributed by atoms with Gasteiger partial charge in [0.25, 0.3) is 0 Å². The van der Waals surface area contributed by atoms with E-state index in [0.717, 1.165) is 0 Å². The lowest BCUT2D eigenvalue weighted by Crippen LogP contribution is -1.84. The fourth-order valence-electron chi connectivity index (χ4n) is 1.63. The molecule has 0 unspecified atom stereocenters. The predicted molar refractivity (Wildman–Crippen MR) is 67.9 cm³/mol. The van der Waals surface area contributed by atoms with Gasteiger partial charge in [-0.1, -0.05) is 6.07 Å². The zero-order valence-corrected chi connectivity index (χ0v) is 10.5. The fraction of sp³-hybridized carbons (Fsp3) is 0.273. The number of fused-ring (bicyclic) bond motifs is 1. The maximum absolute atomic E-state index is 5.92. The van der Waals surface area contributed by atoms with Crippen LogP contribution < -0.4 is 0 Å². The van der Waals surface area contributed by atoms with Crippen LogP contribution >= 0.6 is 34.7 Å². The van der Waals surface area contributed by atoms with Crippen LogP contribution in [0, 0.1) is 6.92 Å². The summed E-state index contributed by atoms with van der Waals surface area (Å²) in [6.07, 6.45) is 2.11. The second-order valence-electron chi connectivity index (χ2n) is 3.18. The maximum Gasteiger partial charge on any atom is 0.0485 e. The lowest BCUT2D eigenvalue weighted by molar-refractivity contribution is 1.30. The zero-order chi connectivity index (χ0) is 10.1. The highest BCUT2D eigenvalue weighted by atomic mass is 35.5. The van der Waals surface area contributed by atoms with E-state index >= 15 is 0 Å². The van der Waals surface area contributed by atoms with E-state index in [2.05, 4.69) is 30.7 Å². The SMILES string of the molecule is CSc1c(CCl)ccc2scc(C)c12. The first-order valence-electron chi connectivity index (χ1n) is 4.37. The van der Waals surface area contributed by atoms with Crippen molar-refractivity contribution < 1.29 is 0 Å². The molecule has 2 rings (SSSR count). The summed E-state index contributed by atoms with van der Waals surface area (Å²) in [5, 5.41) is 3.60. The number of benzene rings is 1. The van der Waals surface area contributed by atoms with Crippen LogP contribution in [0.1, 0.15) is 11.1 Å². The van der Waals surface area contributed by atoms with Crippen LogP contribution in [0.15, 0.2) is 22.4 Å². The van der Waals surface area contributed by atoms with E-state index in [4.69, 9.17) is 11.6 Å². The van der Waals surface area contributed by atoms with Gasteiger partial charge in [-0.25, -0.2) is 0 Å². The molecule has 1 heterocycles. The molecular weight excluding hydrogens is 232 g/mol. The van der Waals surface area contributed by atoms with Gasteiger partial charge in [0.1, 0.15) is 0 Å². The number of halogens is 1. The Labute approximate surface area is 97.3 Å². The minimum absolute atomic E-state index is 0.599. The number of hydrogen-bond acceptors (Lipinski definition) is 2. The van der Waals surface area contributed by atoms with Crippen molar-refractivity contribution >= 4 is 44.8 Å². The van der Waals surface area contributed by atoms with Crippen molar-refractivity contribution in [2.24, 2.45) is 0 Å². The summed E-state index contributed by atoms with van der Waals surface area (Å²) in [5.41, 5.74) is 2.61. The number of rotatable bonds is 2. The molecule has 0 N–H and O–H groups in total. The predicted octanol–water partition coefficient (Wildman–Crippen LogP) is 4.67. The maximum atomic E-state index is 5.92. The smallest absolute Gasteiger partial charge is 0.0485 e. The highest BCUT2D eigenvalue weighted by Crippen LogP contribution is 2.36. The molecule has 74 valence electrons. The van der Waals surface area contributed by atoms with Crippen molar-refractivity contribution in [3.8, 4) is 0 Å². The Kier molecular flexibility index (Phi) is 3.05. The molecule has 0 amide bonds. The molecule has 1 aromatic carbocycles. The molecule has 3 heteroatoms. The number of alkyl halides is 1. The first kappa shape index (κ1) is 10.3. The van der Waals surface area contributed by atoms with Crippen LogP contribution in [0.25, 0.3) is 10.1 Å². The van der Waals surface area contributed by atoms with Gasteiger partial charge in [-0.2, -0.15) is 0 Å². The van der Waals surface area contributed by atoms with Crippen LogP contribution in [0.2, 0.25) is 0 Å². The van der Waals surface area contributed by atoms with Gasteiger partial charge in [-0.05, 0) is 35.8 Å². The van der Waals surface area contributed by atoms with E-state index in [0.29, 0.717) is 5.88 Å². The highest BCUT2D eigenvalue weighted by molar-refractivity contribution is 7.98. The van der Waals surface area contributed by atoms with E-state index in [9.17, 15) is 0 Å². The summed E-state index contributed by atoms with van der Waals surface area (Å²) in [7, 11) is 0. The Morgan fingerprint density at radius 2 is 2.21 bits per heavy atom. The monoisotopic (exact) mass is 242 g/mol. The topological polar surface area (TPSA) is 0 Å². The minimum Gasteiger partial charge on any atom is -0.143 e. The normalized spacial score (nSPS) is 11.1. The van der Waals surface area contributed by atoms with Gasteiger partial charge in [-0.3, -0.25) is 0 Å². The molecule has 14 heavy (non-hydrogen) atoms. The average molecular weight is 243 g/mol. The fourth-order valence-corrected chi connectivity index (χ4v) is 3.82. The van der Waals surface area contributed by atoms with Crippen LogP contribution in [0.5, 0.6) is 0 Å². The van der Waals surface area contributed by atoms with E-state index in [-0.39, 0.29) is 0 Å². The summed E-state index contributed by atoms with van der Waals surface area (Å²) in [6.45, 7) is 2.16. The Hall–Kier alpha value is -0.180. The average Bonchev–Trinajstić information content (AvgIpc) is 2.59. The van der Waals surface area contributed by atoms with Crippen molar-refractivity contribution in [2.45, 2.75) is 17.7 Å². The van der Waals surface area contributed by atoms with Gasteiger partial charge < -0.3 is 0 Å². The molecular formula is C11H11ClS2. The third kappa shape index (κ3) is 1.56. The molecule has 0 aliphatic heterocycles. The van der Waals surface area contributed by atoms with Crippen molar-refractivity contribution in [2.75, 3.05) is 6.26 Å². The molecule has 0 atom stereocenters. The molecule has 0 saturated heterocycles. The summed E-state index contributed by atoms with van der Waals surface area (Å²) < 4.78 is 1.36. The molecule has 0 aliphatic carbocycles. The largest absolute Gasteiger partial charge is 0.143 e. The van der Waals surface area contributed by atoms with Gasteiger partial charge in [0.05, 0.1) is 0 Å². The van der Waals surface area contributed by atoms with Gasteiger partial charge in [-0.15, -0.1) is 34.7 Å². The molecule has 0 aliphatic rings. The first-order chi connectivity index (χ1) is 6.77. The standard InChI is InChI=1S/C11H11ClS2/c1-7-6-14-9-4-3-8(5-12)11(13-2)10(7)9/h3-4,6H,5H2,1-2H3. The highest BCUT2D eigenvalue weighted by Gasteiger charge is 2.09. The van der Waals surface area contributed by atoms with Crippen LogP contribution in [0.4, 0.5) is 0 Å². The van der Waals surface area contributed by atoms with Crippen LogP contribution in [-0.2, 0) is 5.88 Å². The van der Waals surface area contributed by atoms with Crippen molar-refractivity contribution in [3.05, 3.63) is 28.6 Å². The molecule has 0 nitrogen and oxygen atoms in total. The van der Waals surface area contributed by atoms with Crippen molar-refractivity contribution in [3.63, 3.8) is 0 Å². The summed E-state index contributed by atoms with van der Waals surface area (Å²) in [5.74, 6) is 0.599. The van der Waals surface area contributed by atoms with Gasteiger partial charge in [0.15, 0.2) is 0 Å². The van der Waals surface area contributed by atoms with Gasteiger partial charge >= 0.3 is 0 Å². The van der Waals surface area contributed by atoms with Crippen LogP contribution in [0.3, 0.4) is 0 Å². The Balaban J connectivity index is 2.81. The molecule has 2 aromatic rings. The van der Waals surface area contributed by atoms with E-state index in [1.165, 1.54) is 26.1 Å². The Bertz CT molecular complexity index is 460. The number of thioether (sulfide) groups is 1. The van der Waals surface area contributed by atoms with Crippen molar-refractivity contribution in [1.82, 2.24) is 0 Å². The second-order valence-corrected chi connectivity index (χ2v) is 5.18. The Morgan fingerprint density at radius 1 is 1.43 bits per heavy atom. The number of aryl methyl sites for hydroxylation is 1. The minimum atomic E-state index is 0.599. The quantitative estimate of drug-likeness (QED) is 0.545. The van der Waals surface area contributed by atoms with Crippen LogP contribution in [-0.4, -0.2) is 6.26 Å². The molecule has 0 radical (unpaired) electrons. The molecule has 0 spiro atoms. The third-order valence-electron chi connectivity index (χ3n) is 2.31. The van der Waals surface area contributed by atoms with Crippen molar-refractivity contribution in [1.29, 1.82) is 0 Å². The van der Waals surface area contributed by atoms with E-state index in [1.54, 1.807) is 23.1 Å². The summed E-state index contributed by atoms with van der Waals surface area (Å²) in [6, 6.07) is 4.31. The lowest BCUT2D eigenvalue weighted by Gasteiger charge is -2.06. The first-order valence-corrected chi connectivity index (χ1v) is 7.01. The number of hydrogen-bond donors (Lipinski definition) is 0. The Morgan fingerprint density at radius 3 is 2.86 bits per heavy atom. The third-order valence-corrected chi connectivity index (χ3v) is 4.53. The van der Waals surface area contributed by atoms with E-state index in [1.807, 2.05) is 0 Å². The molecule has 0 saturated carbocycles. The second kappa shape index (κ2) is 4.13. The van der Waals surface area contributed by atoms with E-state index < -0.39 is 0 Å². The zero-order valence-electron chi connectivity index (χ0n) is 8.13. The molecule has 0 bridgehead atoms. The van der Waals surface area contributed by atoms with Gasteiger partial charge in [0.2, 0.25) is 0 Å². The number of thiophene rings is 1. The summed E-state index contributed by atoms with van der Waals surface area (Å²) in [4.78, 5) is 1.34. The molecule has 0 fully saturated rings. The summed E-state index contributed by atoms with van der Waals surface area (Å²) >= 11 is 9.52. The molecule has 1 aromatic heterocycles. The lowest BCUT2D eigenvalue weighted by atomic mass is 10.1. The van der Waals surface area contributed by atoms with Gasteiger partial charge in [0, 0.05) is 20.9 Å².